The van der Waals surface area contributed by atoms with Gasteiger partial charge in [-0.05, 0) is 11.1 Å². The van der Waals surface area contributed by atoms with E-state index in [0.717, 1.165) is 11.1 Å². The zero-order valence-electron chi connectivity index (χ0n) is 16.1. The van der Waals surface area contributed by atoms with E-state index in [4.69, 9.17) is 0 Å². The molecular weight excluding hydrogens is 356 g/mol. The first-order chi connectivity index (χ1) is 13.6. The van der Waals surface area contributed by atoms with Crippen LogP contribution in [0, 0.1) is 0 Å². The molecule has 0 aliphatic heterocycles. The number of nitrogens with zero attached hydrogens (tertiary/aromatic N) is 1. The molecule has 1 N–H and O–H groups in total. The summed E-state index contributed by atoms with van der Waals surface area (Å²) in [6, 6.07) is 19.0. The Labute approximate surface area is 165 Å². The minimum absolute atomic E-state index is 0.118. The lowest BCUT2D eigenvalue weighted by atomic mass is 10.1. The number of hydrogen-bond donors (Lipinski definition) is 1. The minimum Gasteiger partial charge on any atom is -0.469 e. The third kappa shape index (κ3) is 7.61. The van der Waals surface area contributed by atoms with Crippen LogP contribution in [0.4, 0.5) is 0 Å². The molecule has 6 nitrogen and oxygen atoms in total. The number of hydrogen-bond acceptors (Lipinski definition) is 4. The number of nitrogens with one attached hydrogen (secondary N) is 1. The van der Waals surface area contributed by atoms with E-state index in [9.17, 15) is 14.4 Å². The number of carbonyl (C=O) groups is 3. The Balaban J connectivity index is 1.84. The van der Waals surface area contributed by atoms with Crippen molar-refractivity contribution in [2.24, 2.45) is 0 Å². The average molecular weight is 382 g/mol. The van der Waals surface area contributed by atoms with Crippen LogP contribution in [-0.4, -0.2) is 42.9 Å². The van der Waals surface area contributed by atoms with Gasteiger partial charge in [-0.3, -0.25) is 14.4 Å². The Kier molecular flexibility index (Phi) is 8.72. The van der Waals surface area contributed by atoms with Gasteiger partial charge < -0.3 is 15.0 Å². The number of esters is 1. The summed E-state index contributed by atoms with van der Waals surface area (Å²) < 4.78 is 4.67. The average Bonchev–Trinajstić information content (AvgIpc) is 2.72. The SMILES string of the molecule is COC(=O)CCN(Cc1ccccc1)C(=O)CCNC(=O)Cc1ccccc1. The molecule has 0 saturated heterocycles. The van der Waals surface area contributed by atoms with Crippen LogP contribution >= 0.6 is 0 Å². The second kappa shape index (κ2) is 11.5. The van der Waals surface area contributed by atoms with E-state index in [-0.39, 0.29) is 50.1 Å². The van der Waals surface area contributed by atoms with Gasteiger partial charge in [0.2, 0.25) is 11.8 Å². The van der Waals surface area contributed by atoms with Gasteiger partial charge in [-0.1, -0.05) is 60.7 Å². The van der Waals surface area contributed by atoms with Crippen molar-refractivity contribution in [2.45, 2.75) is 25.8 Å². The molecule has 0 saturated carbocycles. The highest BCUT2D eigenvalue weighted by molar-refractivity contribution is 5.80. The first-order valence-corrected chi connectivity index (χ1v) is 9.27. The first-order valence-electron chi connectivity index (χ1n) is 9.27. The monoisotopic (exact) mass is 382 g/mol. The van der Waals surface area contributed by atoms with Crippen LogP contribution in [0.15, 0.2) is 60.7 Å². The quantitative estimate of drug-likeness (QED) is 0.640. The van der Waals surface area contributed by atoms with Crippen LogP contribution in [0.5, 0.6) is 0 Å². The molecule has 0 unspecified atom stereocenters. The van der Waals surface area contributed by atoms with Crippen LogP contribution in [0.2, 0.25) is 0 Å². The van der Waals surface area contributed by atoms with Crippen LogP contribution in [0.3, 0.4) is 0 Å². The smallest absolute Gasteiger partial charge is 0.307 e. The van der Waals surface area contributed by atoms with Crippen molar-refractivity contribution in [2.75, 3.05) is 20.2 Å². The summed E-state index contributed by atoms with van der Waals surface area (Å²) in [6.45, 7) is 0.945. The molecule has 148 valence electrons. The van der Waals surface area contributed by atoms with Gasteiger partial charge in [0.15, 0.2) is 0 Å². The van der Waals surface area contributed by atoms with Crippen molar-refractivity contribution in [1.82, 2.24) is 10.2 Å². The maximum Gasteiger partial charge on any atom is 0.307 e. The molecule has 0 aromatic heterocycles. The van der Waals surface area contributed by atoms with Crippen molar-refractivity contribution < 1.29 is 19.1 Å². The molecule has 0 aliphatic rings. The fourth-order valence-corrected chi connectivity index (χ4v) is 2.73. The summed E-state index contributed by atoms with van der Waals surface area (Å²) in [4.78, 5) is 37.7. The van der Waals surface area contributed by atoms with Gasteiger partial charge in [0.1, 0.15) is 0 Å². The number of rotatable bonds is 10. The predicted molar refractivity (Wildman–Crippen MR) is 106 cm³/mol. The van der Waals surface area contributed by atoms with Crippen LogP contribution in [0.25, 0.3) is 0 Å². The fraction of sp³-hybridized carbons (Fsp3) is 0.318. The van der Waals surface area contributed by atoms with E-state index < -0.39 is 0 Å². The summed E-state index contributed by atoms with van der Waals surface area (Å²) >= 11 is 0. The van der Waals surface area contributed by atoms with Crippen molar-refractivity contribution in [3.63, 3.8) is 0 Å². The highest BCUT2D eigenvalue weighted by atomic mass is 16.5. The van der Waals surface area contributed by atoms with Crippen molar-refractivity contribution >= 4 is 17.8 Å². The van der Waals surface area contributed by atoms with Gasteiger partial charge in [0.05, 0.1) is 20.0 Å². The first kappa shape index (κ1) is 21.2. The van der Waals surface area contributed by atoms with E-state index in [1.165, 1.54) is 7.11 Å². The number of benzene rings is 2. The summed E-state index contributed by atoms with van der Waals surface area (Å²) in [7, 11) is 1.33. The van der Waals surface area contributed by atoms with Crippen molar-refractivity contribution in [1.29, 1.82) is 0 Å². The van der Waals surface area contributed by atoms with E-state index >= 15 is 0 Å². The zero-order chi connectivity index (χ0) is 20.2. The normalized spacial score (nSPS) is 10.2. The number of methoxy groups -OCH3 is 1. The summed E-state index contributed by atoms with van der Waals surface area (Å²) in [6.07, 6.45) is 0.592. The largest absolute Gasteiger partial charge is 0.469 e. The van der Waals surface area contributed by atoms with E-state index in [0.29, 0.717) is 6.54 Å². The highest BCUT2D eigenvalue weighted by Crippen LogP contribution is 2.07. The topological polar surface area (TPSA) is 75.7 Å². The van der Waals surface area contributed by atoms with Crippen LogP contribution < -0.4 is 5.32 Å². The van der Waals surface area contributed by atoms with Gasteiger partial charge in [-0.25, -0.2) is 0 Å². The Hall–Kier alpha value is -3.15. The lowest BCUT2D eigenvalue weighted by Crippen LogP contribution is -2.36. The lowest BCUT2D eigenvalue weighted by molar-refractivity contribution is -0.141. The molecule has 2 amide bonds. The number of ether oxygens (including phenoxy) is 1. The predicted octanol–water partition coefficient (Wildman–Crippen LogP) is 2.33. The van der Waals surface area contributed by atoms with Crippen molar-refractivity contribution in [3.05, 3.63) is 71.8 Å². The summed E-state index contributed by atoms with van der Waals surface area (Å²) in [5.41, 5.74) is 1.91. The van der Waals surface area contributed by atoms with Gasteiger partial charge >= 0.3 is 5.97 Å². The molecule has 0 bridgehead atoms. The fourth-order valence-electron chi connectivity index (χ4n) is 2.73. The molecule has 0 heterocycles. The molecule has 0 spiro atoms. The summed E-state index contributed by atoms with van der Waals surface area (Å²) in [5, 5.41) is 2.78. The molecule has 2 aromatic carbocycles. The maximum atomic E-state index is 12.6. The van der Waals surface area contributed by atoms with Crippen LogP contribution in [0.1, 0.15) is 24.0 Å². The third-order valence-electron chi connectivity index (χ3n) is 4.25. The Morgan fingerprint density at radius 1 is 0.893 bits per heavy atom. The minimum atomic E-state index is -0.359. The van der Waals surface area contributed by atoms with Gasteiger partial charge in [-0.2, -0.15) is 0 Å². The van der Waals surface area contributed by atoms with Crippen LogP contribution in [-0.2, 0) is 32.1 Å². The summed E-state index contributed by atoms with van der Waals surface area (Å²) in [5.74, 6) is -0.599. The van der Waals surface area contributed by atoms with Gasteiger partial charge in [0.25, 0.3) is 0 Å². The molecule has 0 radical (unpaired) electrons. The Morgan fingerprint density at radius 3 is 2.11 bits per heavy atom. The number of amides is 2. The van der Waals surface area contributed by atoms with Gasteiger partial charge in [0, 0.05) is 26.1 Å². The highest BCUT2D eigenvalue weighted by Gasteiger charge is 2.16. The maximum absolute atomic E-state index is 12.6. The molecule has 28 heavy (non-hydrogen) atoms. The second-order valence-corrected chi connectivity index (χ2v) is 6.39. The molecule has 2 rings (SSSR count). The molecule has 2 aromatic rings. The third-order valence-corrected chi connectivity index (χ3v) is 4.25. The standard InChI is InChI=1S/C22H26N2O4/c1-28-22(27)13-15-24(17-19-10-6-3-7-11-19)21(26)12-14-23-20(25)16-18-8-4-2-5-9-18/h2-11H,12-17H2,1H3,(H,23,25). The van der Waals surface area contributed by atoms with Gasteiger partial charge in [-0.15, -0.1) is 0 Å². The Morgan fingerprint density at radius 2 is 1.50 bits per heavy atom. The molecule has 0 atom stereocenters. The molecular formula is C22H26N2O4. The second-order valence-electron chi connectivity index (χ2n) is 6.39. The molecule has 6 heteroatoms. The Bertz CT molecular complexity index is 763. The van der Waals surface area contributed by atoms with E-state index in [2.05, 4.69) is 10.1 Å². The van der Waals surface area contributed by atoms with E-state index in [1.54, 1.807) is 4.90 Å². The molecule has 0 aliphatic carbocycles. The molecule has 0 fully saturated rings. The lowest BCUT2D eigenvalue weighted by Gasteiger charge is -2.22. The van der Waals surface area contributed by atoms with E-state index in [1.807, 2.05) is 60.7 Å². The zero-order valence-corrected chi connectivity index (χ0v) is 16.1. The number of carbonyl (C=O) groups excluding carboxylic acids is 3. The van der Waals surface area contributed by atoms with Crippen molar-refractivity contribution in [3.8, 4) is 0 Å².